The molecule has 182 valence electrons. The number of para-hydroxylation sites is 1. The standard InChI is InChI=1S/C28H30ClN3O3/c1-19-12-13-23-27(31-35-17-14-26(33)34)22-9-4-6-11-25(22)32(28(23)20(19)2)16-7-15-30-18-21-8-3-5-10-24(21)29/h3-6,8-13,30H,7,14-18H2,1-2H3,(H,33,34). The second-order valence-corrected chi connectivity index (χ2v) is 9.02. The van der Waals surface area contributed by atoms with Crippen LogP contribution in [0.25, 0.3) is 21.8 Å². The minimum Gasteiger partial charge on any atom is -0.481 e. The summed E-state index contributed by atoms with van der Waals surface area (Å²) in [5.74, 6) is -0.907. The Hall–Kier alpha value is -3.35. The lowest BCUT2D eigenvalue weighted by Gasteiger charge is -2.19. The number of carboxylic acids is 1. The van der Waals surface area contributed by atoms with Crippen LogP contribution < -0.4 is 10.7 Å². The van der Waals surface area contributed by atoms with Crippen LogP contribution in [-0.2, 0) is 22.7 Å². The number of fused-ring (bicyclic) bond motifs is 2. The minimum absolute atomic E-state index is 0.0298. The molecular formula is C28H30ClN3O3. The van der Waals surface area contributed by atoms with Crippen LogP contribution in [0.3, 0.4) is 0 Å². The van der Waals surface area contributed by atoms with E-state index in [-0.39, 0.29) is 13.0 Å². The summed E-state index contributed by atoms with van der Waals surface area (Å²) in [5.41, 5.74) is 5.68. The molecular weight excluding hydrogens is 462 g/mol. The van der Waals surface area contributed by atoms with Crippen LogP contribution in [0.15, 0.2) is 65.8 Å². The number of nitrogens with zero attached hydrogens (tertiary/aromatic N) is 2. The van der Waals surface area contributed by atoms with E-state index in [9.17, 15) is 4.79 Å². The number of hydrogen-bond donors (Lipinski definition) is 2. The molecule has 7 heteroatoms. The summed E-state index contributed by atoms with van der Waals surface area (Å²) in [5, 5.41) is 20.3. The van der Waals surface area contributed by atoms with Crippen molar-refractivity contribution in [3.63, 3.8) is 0 Å². The van der Waals surface area contributed by atoms with E-state index < -0.39 is 5.97 Å². The van der Waals surface area contributed by atoms with E-state index in [1.165, 1.54) is 11.1 Å². The van der Waals surface area contributed by atoms with Gasteiger partial charge in [-0.2, -0.15) is 0 Å². The van der Waals surface area contributed by atoms with Crippen molar-refractivity contribution in [2.75, 3.05) is 13.2 Å². The monoisotopic (exact) mass is 491 g/mol. The molecule has 0 fully saturated rings. The molecule has 0 saturated carbocycles. The van der Waals surface area contributed by atoms with Crippen molar-refractivity contribution >= 4 is 39.4 Å². The van der Waals surface area contributed by atoms with Gasteiger partial charge in [-0.25, -0.2) is 0 Å². The molecule has 6 nitrogen and oxygen atoms in total. The summed E-state index contributed by atoms with van der Waals surface area (Å²) < 4.78 is 2.36. The summed E-state index contributed by atoms with van der Waals surface area (Å²) in [6.45, 7) is 6.69. The predicted molar refractivity (Wildman–Crippen MR) is 140 cm³/mol. The topological polar surface area (TPSA) is 75.8 Å². The maximum Gasteiger partial charge on any atom is 0.306 e. The van der Waals surface area contributed by atoms with Crippen molar-refractivity contribution in [3.8, 4) is 0 Å². The number of benzene rings is 3. The van der Waals surface area contributed by atoms with Gasteiger partial charge in [0, 0.05) is 28.9 Å². The first kappa shape index (κ1) is 24.8. The fraction of sp³-hybridized carbons (Fsp3) is 0.286. The molecule has 0 aliphatic heterocycles. The molecule has 0 unspecified atom stereocenters. The smallest absolute Gasteiger partial charge is 0.306 e. The number of nitrogens with one attached hydrogen (secondary N) is 1. The highest BCUT2D eigenvalue weighted by Gasteiger charge is 2.13. The molecule has 0 saturated heterocycles. The van der Waals surface area contributed by atoms with Crippen LogP contribution in [0, 0.1) is 13.8 Å². The zero-order valence-electron chi connectivity index (χ0n) is 20.1. The van der Waals surface area contributed by atoms with Crippen molar-refractivity contribution in [3.05, 3.63) is 87.7 Å². The molecule has 1 heterocycles. The quantitative estimate of drug-likeness (QED) is 0.173. The van der Waals surface area contributed by atoms with Crippen molar-refractivity contribution in [2.24, 2.45) is 5.16 Å². The van der Waals surface area contributed by atoms with E-state index in [0.717, 1.165) is 63.8 Å². The van der Waals surface area contributed by atoms with Gasteiger partial charge in [-0.3, -0.25) is 4.79 Å². The van der Waals surface area contributed by atoms with Gasteiger partial charge >= 0.3 is 5.97 Å². The Morgan fingerprint density at radius 3 is 2.63 bits per heavy atom. The third-order valence-electron chi connectivity index (χ3n) is 6.25. The molecule has 0 radical (unpaired) electrons. The van der Waals surface area contributed by atoms with Crippen LogP contribution in [-0.4, -0.2) is 28.8 Å². The van der Waals surface area contributed by atoms with E-state index in [0.29, 0.717) is 0 Å². The van der Waals surface area contributed by atoms with Gasteiger partial charge in [-0.1, -0.05) is 65.3 Å². The zero-order chi connectivity index (χ0) is 24.8. The molecule has 1 aromatic heterocycles. The van der Waals surface area contributed by atoms with Gasteiger partial charge in [0.05, 0.1) is 17.5 Å². The Labute approximate surface area is 209 Å². The average molecular weight is 492 g/mol. The van der Waals surface area contributed by atoms with Gasteiger partial charge < -0.3 is 19.8 Å². The van der Waals surface area contributed by atoms with Crippen molar-refractivity contribution < 1.29 is 14.7 Å². The Morgan fingerprint density at radius 1 is 1.06 bits per heavy atom. The van der Waals surface area contributed by atoms with E-state index in [1.54, 1.807) is 0 Å². The van der Waals surface area contributed by atoms with Crippen LogP contribution in [0.5, 0.6) is 0 Å². The third-order valence-corrected chi connectivity index (χ3v) is 6.62. The second kappa shape index (κ2) is 11.4. The van der Waals surface area contributed by atoms with Crippen molar-refractivity contribution in [1.29, 1.82) is 0 Å². The van der Waals surface area contributed by atoms with Crippen LogP contribution in [0.4, 0.5) is 0 Å². The fourth-order valence-electron chi connectivity index (χ4n) is 4.32. The van der Waals surface area contributed by atoms with Crippen LogP contribution >= 0.6 is 11.6 Å². The van der Waals surface area contributed by atoms with Gasteiger partial charge in [-0.15, -0.1) is 0 Å². The van der Waals surface area contributed by atoms with Crippen LogP contribution in [0.2, 0.25) is 5.02 Å². The van der Waals surface area contributed by atoms with E-state index >= 15 is 0 Å². The lowest BCUT2D eigenvalue weighted by atomic mass is 10.0. The fourth-order valence-corrected chi connectivity index (χ4v) is 4.52. The highest BCUT2D eigenvalue weighted by Crippen LogP contribution is 2.25. The highest BCUT2D eigenvalue weighted by molar-refractivity contribution is 6.31. The second-order valence-electron chi connectivity index (χ2n) is 8.61. The van der Waals surface area contributed by atoms with Crippen LogP contribution in [0.1, 0.15) is 29.5 Å². The van der Waals surface area contributed by atoms with Gasteiger partial charge in [0.15, 0.2) is 0 Å². The molecule has 0 bridgehead atoms. The Balaban J connectivity index is 1.66. The molecule has 35 heavy (non-hydrogen) atoms. The molecule has 0 amide bonds. The number of carboxylic acid groups (broad SMARTS) is 1. The number of carbonyl (C=O) groups is 1. The normalized spacial score (nSPS) is 11.9. The maximum absolute atomic E-state index is 10.9. The summed E-state index contributed by atoms with van der Waals surface area (Å²) >= 11 is 6.28. The van der Waals surface area contributed by atoms with Gasteiger partial charge in [0.2, 0.25) is 0 Å². The molecule has 4 rings (SSSR count). The predicted octanol–water partition coefficient (Wildman–Crippen LogP) is 5.55. The lowest BCUT2D eigenvalue weighted by molar-refractivity contribution is -0.138. The maximum atomic E-state index is 10.9. The largest absolute Gasteiger partial charge is 0.481 e. The first-order valence-electron chi connectivity index (χ1n) is 11.8. The first-order chi connectivity index (χ1) is 17.0. The number of halogens is 1. The van der Waals surface area contributed by atoms with E-state index in [4.69, 9.17) is 21.5 Å². The molecule has 3 aromatic carbocycles. The number of hydrogen-bond acceptors (Lipinski definition) is 4. The molecule has 4 aromatic rings. The SMILES string of the molecule is Cc1ccc2c(=NOCCC(=O)O)c3ccccc3n(CCCNCc3ccccc3Cl)c2c1C. The van der Waals surface area contributed by atoms with Gasteiger partial charge in [0.1, 0.15) is 12.0 Å². The summed E-state index contributed by atoms with van der Waals surface area (Å²) in [6, 6.07) is 20.2. The Kier molecular flexibility index (Phi) is 8.06. The molecule has 0 atom stereocenters. The van der Waals surface area contributed by atoms with E-state index in [2.05, 4.69) is 47.1 Å². The zero-order valence-corrected chi connectivity index (χ0v) is 20.8. The summed E-state index contributed by atoms with van der Waals surface area (Å²) in [7, 11) is 0. The number of aryl methyl sites for hydroxylation is 3. The van der Waals surface area contributed by atoms with Gasteiger partial charge in [-0.05, 0) is 55.6 Å². The van der Waals surface area contributed by atoms with Crippen molar-refractivity contribution in [2.45, 2.75) is 39.8 Å². The number of aliphatic carboxylic acids is 1. The molecule has 0 aliphatic rings. The number of aromatic nitrogens is 1. The van der Waals surface area contributed by atoms with E-state index in [1.807, 2.05) is 42.5 Å². The Morgan fingerprint density at radius 2 is 1.83 bits per heavy atom. The Bertz CT molecular complexity index is 1430. The minimum atomic E-state index is -0.907. The molecule has 0 spiro atoms. The van der Waals surface area contributed by atoms with Gasteiger partial charge in [0.25, 0.3) is 0 Å². The molecule has 0 aliphatic carbocycles. The first-order valence-corrected chi connectivity index (χ1v) is 12.2. The average Bonchev–Trinajstić information content (AvgIpc) is 2.85. The summed E-state index contributed by atoms with van der Waals surface area (Å²) in [6.07, 6.45) is 0.846. The number of rotatable bonds is 10. The third kappa shape index (κ3) is 5.66. The lowest BCUT2D eigenvalue weighted by Crippen LogP contribution is -2.19. The number of pyridine rings is 1. The summed E-state index contributed by atoms with van der Waals surface area (Å²) in [4.78, 5) is 16.3. The highest BCUT2D eigenvalue weighted by atomic mass is 35.5. The molecule has 2 N–H and O–H groups in total. The van der Waals surface area contributed by atoms with Crippen molar-refractivity contribution in [1.82, 2.24) is 9.88 Å².